The molecule has 0 unspecified atom stereocenters. The van der Waals surface area contributed by atoms with Gasteiger partial charge in [-0.15, -0.1) is 0 Å². The van der Waals surface area contributed by atoms with E-state index in [9.17, 15) is 25.5 Å². The molecule has 4 saturated carbocycles. The van der Waals surface area contributed by atoms with E-state index in [2.05, 4.69) is 54.5 Å². The van der Waals surface area contributed by atoms with E-state index in [1.54, 1.807) is 5.57 Å². The van der Waals surface area contributed by atoms with E-state index in [1.165, 1.54) is 0 Å². The van der Waals surface area contributed by atoms with Gasteiger partial charge in [0.2, 0.25) is 0 Å². The number of ether oxygens (including phenoxy) is 2. The van der Waals surface area contributed by atoms with Crippen molar-refractivity contribution >= 4 is 0 Å². The van der Waals surface area contributed by atoms with Crippen molar-refractivity contribution in [1.29, 1.82) is 0 Å². The van der Waals surface area contributed by atoms with Crippen LogP contribution in [0.4, 0.5) is 0 Å². The van der Waals surface area contributed by atoms with Gasteiger partial charge < -0.3 is 35.0 Å². The van der Waals surface area contributed by atoms with Crippen LogP contribution in [-0.2, 0) is 9.47 Å². The Morgan fingerprint density at radius 3 is 2.24 bits per heavy atom. The van der Waals surface area contributed by atoms with Crippen LogP contribution in [0.2, 0.25) is 0 Å². The minimum Gasteiger partial charge on any atom is -0.396 e. The number of aliphatic hydroxyl groups excluding tert-OH is 5. The summed E-state index contributed by atoms with van der Waals surface area (Å²) < 4.78 is 12.0. The molecule has 42 heavy (non-hydrogen) atoms. The Labute approximate surface area is 253 Å². The maximum absolute atomic E-state index is 11.4. The molecule has 6 aliphatic rings. The first kappa shape index (κ1) is 31.4. The Balaban J connectivity index is 1.31. The van der Waals surface area contributed by atoms with Crippen molar-refractivity contribution in [3.8, 4) is 0 Å². The average Bonchev–Trinajstić information content (AvgIpc) is 2.92. The molecule has 240 valence electrons. The Bertz CT molecular complexity index is 1090. The minimum atomic E-state index is -1.33. The molecule has 5 fully saturated rings. The molecule has 1 saturated heterocycles. The van der Waals surface area contributed by atoms with Crippen molar-refractivity contribution < 1.29 is 35.0 Å². The number of aliphatic hydroxyl groups is 5. The molecule has 0 spiro atoms. The summed E-state index contributed by atoms with van der Waals surface area (Å²) in [5.41, 5.74) is 1.41. The van der Waals surface area contributed by atoms with Crippen LogP contribution in [0.15, 0.2) is 11.6 Å². The molecule has 5 N–H and O–H groups in total. The highest BCUT2D eigenvalue weighted by atomic mass is 16.7. The van der Waals surface area contributed by atoms with Crippen LogP contribution in [0.1, 0.15) is 106 Å². The lowest BCUT2D eigenvalue weighted by atomic mass is 9.33. The fraction of sp³-hybridized carbons (Fsp3) is 0.943. The third kappa shape index (κ3) is 4.16. The van der Waals surface area contributed by atoms with Crippen LogP contribution in [-0.4, -0.2) is 75.6 Å². The monoisotopic (exact) mass is 590 g/mol. The molecular weight excluding hydrogens is 532 g/mol. The fourth-order valence-corrected chi connectivity index (χ4v) is 12.0. The Hall–Kier alpha value is -0.540. The SMILES string of the molecule is CC1(C)C[C@@H](O)[C@]2(C)CC[C@]3(C)C(=CC[C@@H]4[C@@]5(C)CC[C@H](O[C@@H]6OC[C@@H](O)[C@H](O)[C@H]6O)[C@](C)(CO)[C@@H]5CC[C@]43C)[C@@H]2C1. The summed E-state index contributed by atoms with van der Waals surface area (Å²) in [6.45, 7) is 16.6. The predicted octanol–water partition coefficient (Wildman–Crippen LogP) is 4.58. The summed E-state index contributed by atoms with van der Waals surface area (Å²) in [6, 6.07) is 0. The van der Waals surface area contributed by atoms with Gasteiger partial charge >= 0.3 is 0 Å². The molecule has 6 rings (SSSR count). The molecule has 0 bridgehead atoms. The first-order valence-corrected chi connectivity index (χ1v) is 16.8. The first-order chi connectivity index (χ1) is 19.5. The van der Waals surface area contributed by atoms with E-state index in [0.29, 0.717) is 11.8 Å². The summed E-state index contributed by atoms with van der Waals surface area (Å²) in [5, 5.41) is 53.2. The number of hydrogen-bond acceptors (Lipinski definition) is 7. The summed E-state index contributed by atoms with van der Waals surface area (Å²) in [4.78, 5) is 0. The van der Waals surface area contributed by atoms with Crippen molar-refractivity contribution in [1.82, 2.24) is 0 Å². The van der Waals surface area contributed by atoms with Crippen LogP contribution < -0.4 is 0 Å². The molecule has 1 heterocycles. The Morgan fingerprint density at radius 1 is 0.833 bits per heavy atom. The Kier molecular flexibility index (Phi) is 7.47. The van der Waals surface area contributed by atoms with E-state index in [4.69, 9.17) is 9.47 Å². The second kappa shape index (κ2) is 9.98. The summed E-state index contributed by atoms with van der Waals surface area (Å²) in [6.07, 6.45) is 6.29. The highest BCUT2D eigenvalue weighted by Gasteiger charge is 2.69. The first-order valence-electron chi connectivity index (χ1n) is 16.8. The average molecular weight is 591 g/mol. The quantitative estimate of drug-likeness (QED) is 0.241. The highest BCUT2D eigenvalue weighted by molar-refractivity contribution is 5.34. The lowest BCUT2D eigenvalue weighted by Crippen LogP contribution is -2.66. The van der Waals surface area contributed by atoms with Gasteiger partial charge in [-0.1, -0.05) is 60.1 Å². The molecule has 1 aliphatic heterocycles. The van der Waals surface area contributed by atoms with Gasteiger partial charge in [-0.25, -0.2) is 0 Å². The van der Waals surface area contributed by atoms with Gasteiger partial charge in [-0.3, -0.25) is 0 Å². The van der Waals surface area contributed by atoms with Crippen molar-refractivity contribution in [3.63, 3.8) is 0 Å². The van der Waals surface area contributed by atoms with Crippen LogP contribution in [0.5, 0.6) is 0 Å². The predicted molar refractivity (Wildman–Crippen MR) is 160 cm³/mol. The van der Waals surface area contributed by atoms with Gasteiger partial charge in [0.25, 0.3) is 0 Å². The van der Waals surface area contributed by atoms with Gasteiger partial charge in [0, 0.05) is 10.8 Å². The van der Waals surface area contributed by atoms with Crippen LogP contribution >= 0.6 is 0 Å². The third-order valence-corrected chi connectivity index (χ3v) is 15.0. The molecule has 0 aromatic heterocycles. The lowest BCUT2D eigenvalue weighted by molar-refractivity contribution is -0.312. The van der Waals surface area contributed by atoms with Crippen molar-refractivity contribution in [2.75, 3.05) is 13.2 Å². The van der Waals surface area contributed by atoms with Gasteiger partial charge in [0.1, 0.15) is 18.3 Å². The van der Waals surface area contributed by atoms with Crippen molar-refractivity contribution in [2.24, 2.45) is 50.2 Å². The van der Waals surface area contributed by atoms with Gasteiger partial charge in [-0.05, 0) is 97.2 Å². The van der Waals surface area contributed by atoms with Gasteiger partial charge in [0.15, 0.2) is 6.29 Å². The van der Waals surface area contributed by atoms with Crippen LogP contribution in [0.3, 0.4) is 0 Å². The zero-order valence-electron chi connectivity index (χ0n) is 27.1. The number of rotatable bonds is 3. The second-order valence-corrected chi connectivity index (χ2v) is 17.5. The minimum absolute atomic E-state index is 0.0128. The van der Waals surface area contributed by atoms with E-state index >= 15 is 0 Å². The van der Waals surface area contributed by atoms with Gasteiger partial charge in [0.05, 0.1) is 25.4 Å². The Morgan fingerprint density at radius 2 is 1.55 bits per heavy atom. The van der Waals surface area contributed by atoms with E-state index in [1.807, 2.05) is 0 Å². The highest BCUT2D eigenvalue weighted by Crippen LogP contribution is 2.75. The molecule has 7 heteroatoms. The zero-order chi connectivity index (χ0) is 30.7. The van der Waals surface area contributed by atoms with E-state index in [-0.39, 0.29) is 58.4 Å². The van der Waals surface area contributed by atoms with Crippen LogP contribution in [0, 0.1) is 50.2 Å². The number of hydrogen-bond donors (Lipinski definition) is 5. The van der Waals surface area contributed by atoms with Crippen LogP contribution in [0.25, 0.3) is 0 Å². The molecular formula is C35H58O7. The molecule has 5 aliphatic carbocycles. The number of allylic oxidation sites excluding steroid dienone is 2. The topological polar surface area (TPSA) is 120 Å². The maximum atomic E-state index is 11.4. The second-order valence-electron chi connectivity index (χ2n) is 17.5. The maximum Gasteiger partial charge on any atom is 0.186 e. The molecule has 0 amide bonds. The summed E-state index contributed by atoms with van der Waals surface area (Å²) in [5.74, 6) is 1.13. The molecule has 0 aromatic rings. The zero-order valence-corrected chi connectivity index (χ0v) is 27.1. The standard InChI is InChI=1S/C35H58O7/c1-30(2)16-21-20-8-9-24-32(4)12-11-26(42-29-28(40)27(39)22(37)18-41-29)33(5,19-36)23(32)10-13-35(24,7)34(20,6)15-14-31(21,3)25(38)17-30/h8,21-29,36-40H,9-19H2,1-7H3/t21-,22+,23+,24+,25+,26-,27-,28+,29-,31+,32-,33+,34+,35+/m0/s1. The smallest absolute Gasteiger partial charge is 0.186 e. The summed E-state index contributed by atoms with van der Waals surface area (Å²) >= 11 is 0. The third-order valence-electron chi connectivity index (χ3n) is 15.0. The number of fused-ring (bicyclic) bond motifs is 7. The van der Waals surface area contributed by atoms with E-state index < -0.39 is 30.0 Å². The van der Waals surface area contributed by atoms with E-state index in [0.717, 1.165) is 57.8 Å². The molecule has 7 nitrogen and oxygen atoms in total. The fourth-order valence-electron chi connectivity index (χ4n) is 12.0. The lowest BCUT2D eigenvalue weighted by Gasteiger charge is -2.72. The molecule has 0 radical (unpaired) electrons. The van der Waals surface area contributed by atoms with Crippen molar-refractivity contribution in [2.45, 2.75) is 143 Å². The molecule has 14 atom stereocenters. The largest absolute Gasteiger partial charge is 0.396 e. The van der Waals surface area contributed by atoms with Crippen molar-refractivity contribution in [3.05, 3.63) is 11.6 Å². The summed E-state index contributed by atoms with van der Waals surface area (Å²) in [7, 11) is 0. The van der Waals surface area contributed by atoms with Gasteiger partial charge in [-0.2, -0.15) is 0 Å². The normalized spacial score (nSPS) is 57.2. The molecule has 0 aromatic carbocycles.